The van der Waals surface area contributed by atoms with Crippen LogP contribution >= 0.6 is 0 Å². The molecule has 1 heterocycles. The first kappa shape index (κ1) is 21.2. The summed E-state index contributed by atoms with van der Waals surface area (Å²) < 4.78 is 5.97. The van der Waals surface area contributed by atoms with E-state index in [0.29, 0.717) is 5.89 Å². The number of para-hydroxylation sites is 2. The maximum absolute atomic E-state index is 5.97. The molecule has 0 aliphatic rings. The van der Waals surface area contributed by atoms with E-state index < -0.39 is 0 Å². The smallest absolute Gasteiger partial charge is 0.227 e. The van der Waals surface area contributed by atoms with Gasteiger partial charge in [-0.25, -0.2) is 4.98 Å². The standard InChI is InChI=1S/C31H29NO/c1(4-12-24-13-6-3-7-14-24)2-5-15-25-16-10-17-26(22-25)27-18-11-19-28(23-27)31-32-29-20-8-9-21-30(29)33-31/h3,6-11,13-14,16-23H,1-2,4-5,12,15H2. The summed E-state index contributed by atoms with van der Waals surface area (Å²) in [5, 5.41) is 0. The first-order chi connectivity index (χ1) is 16.3. The molecule has 0 fully saturated rings. The van der Waals surface area contributed by atoms with Crippen LogP contribution in [0.5, 0.6) is 0 Å². The van der Waals surface area contributed by atoms with E-state index in [1.165, 1.54) is 54.4 Å². The van der Waals surface area contributed by atoms with Crippen LogP contribution < -0.4 is 0 Å². The molecule has 0 bridgehead atoms. The Morgan fingerprint density at radius 2 is 1.15 bits per heavy atom. The number of aryl methyl sites for hydroxylation is 2. The summed E-state index contributed by atoms with van der Waals surface area (Å²) in [6, 6.07) is 36.1. The first-order valence-electron chi connectivity index (χ1n) is 11.9. The van der Waals surface area contributed by atoms with Gasteiger partial charge in [0.25, 0.3) is 0 Å². The van der Waals surface area contributed by atoms with Crippen LogP contribution in [-0.2, 0) is 12.8 Å². The molecule has 0 N–H and O–H groups in total. The van der Waals surface area contributed by atoms with Crippen molar-refractivity contribution in [3.8, 4) is 22.6 Å². The van der Waals surface area contributed by atoms with Crippen LogP contribution in [0.3, 0.4) is 0 Å². The molecule has 0 aliphatic heterocycles. The van der Waals surface area contributed by atoms with Crippen molar-refractivity contribution in [3.05, 3.63) is 114 Å². The topological polar surface area (TPSA) is 26.0 Å². The van der Waals surface area contributed by atoms with Crippen molar-refractivity contribution >= 4 is 11.1 Å². The fraction of sp³-hybridized carbons (Fsp3) is 0.194. The minimum Gasteiger partial charge on any atom is -0.436 e. The third kappa shape index (κ3) is 5.40. The molecule has 0 radical (unpaired) electrons. The van der Waals surface area contributed by atoms with Gasteiger partial charge in [-0.15, -0.1) is 0 Å². The van der Waals surface area contributed by atoms with Gasteiger partial charge >= 0.3 is 0 Å². The van der Waals surface area contributed by atoms with Crippen molar-refractivity contribution in [2.45, 2.75) is 38.5 Å². The molecule has 5 rings (SSSR count). The van der Waals surface area contributed by atoms with Crippen LogP contribution in [0.4, 0.5) is 0 Å². The largest absolute Gasteiger partial charge is 0.436 e. The van der Waals surface area contributed by atoms with Crippen LogP contribution in [0.15, 0.2) is 108 Å². The third-order valence-corrected chi connectivity index (χ3v) is 6.19. The van der Waals surface area contributed by atoms with Crippen molar-refractivity contribution < 1.29 is 4.42 Å². The Labute approximate surface area is 195 Å². The van der Waals surface area contributed by atoms with Gasteiger partial charge in [0.1, 0.15) is 5.52 Å². The number of unbranched alkanes of at least 4 members (excludes halogenated alkanes) is 3. The van der Waals surface area contributed by atoms with Gasteiger partial charge in [-0.1, -0.05) is 91.7 Å². The molecule has 0 saturated heterocycles. The molecule has 5 aromatic rings. The fourth-order valence-electron chi connectivity index (χ4n) is 4.39. The maximum atomic E-state index is 5.97. The molecule has 0 spiro atoms. The van der Waals surface area contributed by atoms with Gasteiger partial charge in [0.15, 0.2) is 5.58 Å². The normalized spacial score (nSPS) is 11.2. The molecule has 0 saturated carbocycles. The molecule has 0 unspecified atom stereocenters. The summed E-state index contributed by atoms with van der Waals surface area (Å²) in [6.45, 7) is 0. The van der Waals surface area contributed by atoms with Gasteiger partial charge in [0.05, 0.1) is 0 Å². The number of benzene rings is 4. The van der Waals surface area contributed by atoms with Crippen molar-refractivity contribution in [3.63, 3.8) is 0 Å². The Balaban J connectivity index is 1.20. The predicted molar refractivity (Wildman–Crippen MR) is 137 cm³/mol. The molecule has 4 aromatic carbocycles. The first-order valence-corrected chi connectivity index (χ1v) is 11.9. The second-order valence-electron chi connectivity index (χ2n) is 8.67. The lowest BCUT2D eigenvalue weighted by atomic mass is 9.98. The van der Waals surface area contributed by atoms with Crippen LogP contribution in [0.2, 0.25) is 0 Å². The minimum absolute atomic E-state index is 0.671. The minimum atomic E-state index is 0.671. The second kappa shape index (κ2) is 10.3. The van der Waals surface area contributed by atoms with Crippen LogP contribution in [0.1, 0.15) is 36.8 Å². The number of nitrogens with zero attached hydrogens (tertiary/aromatic N) is 1. The zero-order valence-electron chi connectivity index (χ0n) is 18.9. The lowest BCUT2D eigenvalue weighted by Crippen LogP contribution is -1.89. The van der Waals surface area contributed by atoms with E-state index in [0.717, 1.165) is 23.1 Å². The maximum Gasteiger partial charge on any atom is 0.227 e. The predicted octanol–water partition coefficient (Wildman–Crippen LogP) is 8.51. The summed E-state index contributed by atoms with van der Waals surface area (Å²) in [7, 11) is 0. The average Bonchev–Trinajstić information content (AvgIpc) is 3.32. The Bertz CT molecular complexity index is 1290. The molecule has 0 amide bonds. The molecule has 1 aromatic heterocycles. The number of hydrogen-bond donors (Lipinski definition) is 0. The zero-order chi connectivity index (χ0) is 22.3. The van der Waals surface area contributed by atoms with Crippen molar-refractivity contribution in [2.24, 2.45) is 0 Å². The van der Waals surface area contributed by atoms with Gasteiger partial charge in [0.2, 0.25) is 5.89 Å². The number of hydrogen-bond acceptors (Lipinski definition) is 2. The monoisotopic (exact) mass is 431 g/mol. The number of fused-ring (bicyclic) bond motifs is 1. The average molecular weight is 432 g/mol. The summed E-state index contributed by atoms with van der Waals surface area (Å²) in [5.74, 6) is 0.671. The van der Waals surface area contributed by atoms with E-state index in [1.807, 2.05) is 24.3 Å². The summed E-state index contributed by atoms with van der Waals surface area (Å²) in [5.41, 5.74) is 8.02. The van der Waals surface area contributed by atoms with Crippen LogP contribution in [0.25, 0.3) is 33.7 Å². The molecular formula is C31H29NO. The van der Waals surface area contributed by atoms with E-state index in [2.05, 4.69) is 83.8 Å². The molecule has 33 heavy (non-hydrogen) atoms. The van der Waals surface area contributed by atoms with Gasteiger partial charge < -0.3 is 4.42 Å². The van der Waals surface area contributed by atoms with Crippen LogP contribution in [-0.4, -0.2) is 4.98 Å². The zero-order valence-corrected chi connectivity index (χ0v) is 18.9. The van der Waals surface area contributed by atoms with Gasteiger partial charge in [-0.3, -0.25) is 0 Å². The Hall–Kier alpha value is -3.65. The molecule has 2 nitrogen and oxygen atoms in total. The van der Waals surface area contributed by atoms with E-state index in [9.17, 15) is 0 Å². The Kier molecular flexibility index (Phi) is 6.63. The summed E-state index contributed by atoms with van der Waals surface area (Å²) in [6.07, 6.45) is 7.40. The second-order valence-corrected chi connectivity index (χ2v) is 8.67. The van der Waals surface area contributed by atoms with Crippen LogP contribution in [0, 0.1) is 0 Å². The van der Waals surface area contributed by atoms with E-state index in [-0.39, 0.29) is 0 Å². The number of aromatic nitrogens is 1. The molecule has 2 heteroatoms. The lowest BCUT2D eigenvalue weighted by Gasteiger charge is -2.07. The van der Waals surface area contributed by atoms with E-state index in [4.69, 9.17) is 4.42 Å². The molecule has 164 valence electrons. The van der Waals surface area contributed by atoms with Crippen molar-refractivity contribution in [1.29, 1.82) is 0 Å². The highest BCUT2D eigenvalue weighted by molar-refractivity contribution is 5.77. The highest BCUT2D eigenvalue weighted by Crippen LogP contribution is 2.29. The molecule has 0 atom stereocenters. The SMILES string of the molecule is c1ccc(CCCCCCc2cccc(-c3cccc(-c4nc5ccccc5o4)c3)c2)cc1. The Morgan fingerprint density at radius 1 is 0.515 bits per heavy atom. The van der Waals surface area contributed by atoms with Gasteiger partial charge in [-0.2, -0.15) is 0 Å². The number of rotatable bonds is 9. The van der Waals surface area contributed by atoms with E-state index >= 15 is 0 Å². The quantitative estimate of drug-likeness (QED) is 0.219. The van der Waals surface area contributed by atoms with E-state index in [1.54, 1.807) is 0 Å². The molecule has 0 aliphatic carbocycles. The highest BCUT2D eigenvalue weighted by atomic mass is 16.3. The third-order valence-electron chi connectivity index (χ3n) is 6.19. The van der Waals surface area contributed by atoms with Crippen molar-refractivity contribution in [1.82, 2.24) is 4.98 Å². The fourth-order valence-corrected chi connectivity index (χ4v) is 4.39. The van der Waals surface area contributed by atoms with Crippen molar-refractivity contribution in [2.75, 3.05) is 0 Å². The Morgan fingerprint density at radius 3 is 1.97 bits per heavy atom. The number of oxazole rings is 1. The van der Waals surface area contributed by atoms with Gasteiger partial charge in [0, 0.05) is 5.56 Å². The lowest BCUT2D eigenvalue weighted by molar-refractivity contribution is 0.620. The summed E-state index contributed by atoms with van der Waals surface area (Å²) >= 11 is 0. The molecular weight excluding hydrogens is 402 g/mol. The van der Waals surface area contributed by atoms with Gasteiger partial charge in [-0.05, 0) is 72.2 Å². The highest BCUT2D eigenvalue weighted by Gasteiger charge is 2.09. The summed E-state index contributed by atoms with van der Waals surface area (Å²) in [4.78, 5) is 4.65.